The van der Waals surface area contributed by atoms with Gasteiger partial charge < -0.3 is 32.3 Å². The quantitative estimate of drug-likeness (QED) is 0.142. The van der Waals surface area contributed by atoms with Crippen LogP contribution in [0.2, 0.25) is 0 Å². The number of hydrogen-bond acceptors (Lipinski definition) is 4. The molecule has 0 N–H and O–H groups in total. The Labute approximate surface area is 736 Å². The molecule has 0 saturated heterocycles. The van der Waals surface area contributed by atoms with Crippen molar-refractivity contribution in [2.45, 2.75) is 131 Å². The van der Waals surface area contributed by atoms with Gasteiger partial charge in [-0.15, -0.1) is 0 Å². The van der Waals surface area contributed by atoms with Crippen LogP contribution in [-0.2, 0) is 27.1 Å². The second kappa shape index (κ2) is 26.8. The van der Waals surface area contributed by atoms with Gasteiger partial charge in [0, 0.05) is 105 Å². The van der Waals surface area contributed by atoms with Crippen molar-refractivity contribution in [1.29, 1.82) is 0 Å². The maximum absolute atomic E-state index is 10.1. The van der Waals surface area contributed by atoms with E-state index in [1.807, 2.05) is 36.4 Å². The predicted molar refractivity (Wildman–Crippen MR) is 528 cm³/mol. The van der Waals surface area contributed by atoms with E-state index in [9.17, 15) is 11.0 Å². The number of hydrogen-bond donors (Lipinski definition) is 0. The Kier molecular flexibility index (Phi) is 14.5. The van der Waals surface area contributed by atoms with Gasteiger partial charge in [0.15, 0.2) is 5.58 Å². The first-order chi connectivity index (χ1) is 63.0. The second-order valence-corrected chi connectivity index (χ2v) is 39.5. The van der Waals surface area contributed by atoms with Crippen LogP contribution in [0.4, 0.5) is 34.1 Å². The third-order valence-electron chi connectivity index (χ3n) is 26.6. The number of para-hydroxylation sites is 5. The van der Waals surface area contributed by atoms with Crippen LogP contribution in [0.1, 0.15) is 143 Å². The summed E-state index contributed by atoms with van der Waals surface area (Å²) in [5.74, 6) is 0. The molecule has 0 spiro atoms. The number of aromatic nitrogens is 3. The lowest BCUT2D eigenvalue weighted by Crippen LogP contribution is -2.61. The van der Waals surface area contributed by atoms with Crippen LogP contribution in [0.3, 0.4) is 0 Å². The molecule has 2 aliphatic heterocycles. The van der Waals surface area contributed by atoms with E-state index in [0.717, 1.165) is 166 Å². The fourth-order valence-corrected chi connectivity index (χ4v) is 20.2. The largest absolute Gasteiger partial charge is 0.456 e. The summed E-state index contributed by atoms with van der Waals surface area (Å²) in [4.78, 5) is 4.98. The molecule has 7 heterocycles. The lowest BCUT2D eigenvalue weighted by atomic mass is 9.33. The van der Waals surface area contributed by atoms with Crippen LogP contribution in [-0.4, -0.2) is 20.4 Å². The van der Waals surface area contributed by atoms with Crippen molar-refractivity contribution in [3.63, 3.8) is 0 Å². The predicted octanol–water partition coefficient (Wildman–Crippen LogP) is 30.3. The summed E-state index contributed by atoms with van der Waals surface area (Å²) < 4.78 is 98.2. The molecule has 2 aliphatic rings. The van der Waals surface area contributed by atoms with E-state index in [4.69, 9.17) is 8.83 Å². The average Bonchev–Trinajstić information content (AvgIpc) is 1.01. The first-order valence-corrected chi connectivity index (χ1v) is 43.4. The molecule has 0 radical (unpaired) electrons. The normalized spacial score (nSPS) is 14.3. The highest BCUT2D eigenvalue weighted by Crippen LogP contribution is 2.56. The van der Waals surface area contributed by atoms with Gasteiger partial charge in [0.1, 0.15) is 16.7 Å². The van der Waals surface area contributed by atoms with Crippen LogP contribution in [0.15, 0.2) is 330 Å². The van der Waals surface area contributed by atoms with E-state index in [0.29, 0.717) is 28.2 Å². The Bertz CT molecular complexity index is 8330. The highest BCUT2D eigenvalue weighted by atomic mass is 16.3. The van der Waals surface area contributed by atoms with Crippen LogP contribution >= 0.6 is 0 Å². The smallest absolute Gasteiger partial charge is 0.252 e. The molecule has 16 aromatic carbocycles. The van der Waals surface area contributed by atoms with E-state index in [-0.39, 0.29) is 48.9 Å². The van der Waals surface area contributed by atoms with Crippen molar-refractivity contribution < 1.29 is 19.8 Å². The van der Waals surface area contributed by atoms with Crippen LogP contribution in [0, 0.1) is 0 Å². The molecule has 5 aromatic heterocycles. The number of rotatable bonds is 8. The number of furan rings is 2. The molecule has 0 saturated carbocycles. The minimum atomic E-state index is -0.609. The zero-order valence-electron chi connectivity index (χ0n) is 80.6. The van der Waals surface area contributed by atoms with Gasteiger partial charge in [0.2, 0.25) is 0 Å². The molecule has 602 valence electrons. The van der Waals surface area contributed by atoms with E-state index in [1.165, 1.54) is 22.3 Å². The van der Waals surface area contributed by atoms with Crippen molar-refractivity contribution in [2.24, 2.45) is 0 Å². The zero-order chi connectivity index (χ0) is 91.6. The molecular formula is C116H98BN5O2. The lowest BCUT2D eigenvalue weighted by molar-refractivity contribution is 0.590. The molecule has 21 aromatic rings. The second-order valence-electron chi connectivity index (χ2n) is 39.5. The van der Waals surface area contributed by atoms with Gasteiger partial charge in [-0.3, -0.25) is 0 Å². The van der Waals surface area contributed by atoms with Gasteiger partial charge in [0.05, 0.1) is 61.1 Å². The van der Waals surface area contributed by atoms with E-state index in [1.54, 1.807) is 4.57 Å². The Morgan fingerprint density at radius 2 is 0.669 bits per heavy atom. The van der Waals surface area contributed by atoms with Gasteiger partial charge in [-0.25, -0.2) is 0 Å². The van der Waals surface area contributed by atoms with E-state index in [2.05, 4.69) is 359 Å². The minimum absolute atomic E-state index is 0.0136. The topological polar surface area (TPSA) is 47.6 Å². The summed E-state index contributed by atoms with van der Waals surface area (Å²) in [7, 11) is 0. The van der Waals surface area contributed by atoms with E-state index >= 15 is 0 Å². The van der Waals surface area contributed by atoms with Crippen LogP contribution < -0.4 is 26.2 Å². The highest BCUT2D eigenvalue weighted by molar-refractivity contribution is 7.00. The SMILES string of the molecule is [2H]c1c([2H])c([2H])c2c(c1[2H])c1c([2H])c([2H])c([2H])c([2H])c1n2-c1ccc2c(c1)N(c1cccc3c1oc1c(-c4cccc5oc6ccccc6c45)cccc13)c1cc(-n3c4ccc(C(C)(C)C)cc4c4cc(C(C)(C)C)ccc43)cc3c1B2c1ccc(-n2c4ccc(C(C)(C)C)cc4c4cc(C(C)(C)C)ccc42)cc1N3c1c(-c2ccccc2)cc(C(C)(C)C)cc1-c1ccccc1. The van der Waals surface area contributed by atoms with Crippen molar-refractivity contribution in [3.8, 4) is 50.4 Å². The molecule has 0 atom stereocenters. The first kappa shape index (κ1) is 66.8. The van der Waals surface area contributed by atoms with Crippen LogP contribution in [0.5, 0.6) is 0 Å². The maximum atomic E-state index is 10.1. The third kappa shape index (κ3) is 11.5. The summed E-state index contributed by atoms with van der Waals surface area (Å²) in [6, 6.07) is 96.5. The standard InChI is InChI=1S/C116H98BN5O2/c1-112(2,3)71-47-55-96-88(59-71)89-60-72(113(4,5)6)48-56-97(89)119(96)77-52-54-93-102(66-77)122(109-86(69-31-18-16-19-32-69)63-75(116(13,14)15)64-87(109)70-33-20-17-21-34-70)104-68-78(120-98-57-49-73(114(7,8)9)61-90(98)91-62-74(115(10,11)12)50-58-99(91)120)67-103-108(104)117(93)92-53-51-76(118-94-42-25-22-35-79(94)80-36-23-26-43-95(80)118)65-101(92)121(103)100-44-29-41-84-83-40-28-39-82(110(83)124-111(84)100)81-38-30-46-106-107(81)85-37-24-27-45-105(85)123-106/h16-68H,1-15H3/i22D,23D,25D,26D,35D,36D,42D,43D. The van der Waals surface area contributed by atoms with E-state index < -0.39 is 55.1 Å². The molecule has 0 aliphatic carbocycles. The fourth-order valence-electron chi connectivity index (χ4n) is 20.2. The summed E-state index contributed by atoms with van der Waals surface area (Å²) in [5, 5.41) is 8.22. The van der Waals surface area contributed by atoms with Crippen LogP contribution in [0.25, 0.3) is 160 Å². The van der Waals surface area contributed by atoms with Gasteiger partial charge >= 0.3 is 0 Å². The number of nitrogens with zero attached hydrogens (tertiary/aromatic N) is 5. The van der Waals surface area contributed by atoms with Gasteiger partial charge in [0.25, 0.3) is 6.71 Å². The van der Waals surface area contributed by atoms with Crippen molar-refractivity contribution in [3.05, 3.63) is 349 Å². The first-order valence-electron chi connectivity index (χ1n) is 47.4. The summed E-state index contributed by atoms with van der Waals surface area (Å²) in [5.41, 5.74) is 27.9. The number of fused-ring (bicyclic) bond motifs is 19. The molecule has 7 nitrogen and oxygen atoms in total. The third-order valence-corrected chi connectivity index (χ3v) is 26.6. The van der Waals surface area contributed by atoms with Crippen molar-refractivity contribution >= 4 is 167 Å². The van der Waals surface area contributed by atoms with Gasteiger partial charge in [-0.05, 0) is 215 Å². The lowest BCUT2D eigenvalue weighted by Gasteiger charge is -2.45. The number of anilines is 6. The van der Waals surface area contributed by atoms with Gasteiger partial charge in [-0.1, -0.05) is 298 Å². The molecule has 0 bridgehead atoms. The molecule has 23 rings (SSSR count). The van der Waals surface area contributed by atoms with Crippen molar-refractivity contribution in [2.75, 3.05) is 9.80 Å². The molecule has 0 amide bonds. The fraction of sp³-hybridized carbons (Fsp3) is 0.172. The zero-order valence-corrected chi connectivity index (χ0v) is 72.6. The Balaban J connectivity index is 0.923. The number of benzene rings is 16. The summed E-state index contributed by atoms with van der Waals surface area (Å²) in [6.45, 7) is 33.7. The minimum Gasteiger partial charge on any atom is -0.456 e. The van der Waals surface area contributed by atoms with Gasteiger partial charge in [-0.2, -0.15) is 0 Å². The van der Waals surface area contributed by atoms with Crippen molar-refractivity contribution in [1.82, 2.24) is 13.7 Å². The maximum Gasteiger partial charge on any atom is 0.252 e. The Hall–Kier alpha value is -13.8. The molecule has 8 heteroatoms. The molecule has 124 heavy (non-hydrogen) atoms. The molecular weight excluding hydrogens is 1510 g/mol. The highest BCUT2D eigenvalue weighted by Gasteiger charge is 2.47. The molecule has 0 unspecified atom stereocenters. The average molecular weight is 1610 g/mol. The Morgan fingerprint density at radius 1 is 0.266 bits per heavy atom. The molecule has 0 fully saturated rings. The monoisotopic (exact) mass is 1610 g/mol. The Morgan fingerprint density at radius 3 is 1.18 bits per heavy atom. The summed E-state index contributed by atoms with van der Waals surface area (Å²) >= 11 is 0. The summed E-state index contributed by atoms with van der Waals surface area (Å²) in [6.07, 6.45) is 0.